The molecule has 2 atom stereocenters. The van der Waals surface area contributed by atoms with E-state index in [1.54, 1.807) is 11.8 Å². The highest BCUT2D eigenvalue weighted by atomic mass is 16.5. The number of imidazole rings is 1. The molecule has 1 aliphatic heterocycles. The smallest absolute Gasteiger partial charge is 0.136 e. The maximum atomic E-state index is 5.69. The van der Waals surface area contributed by atoms with Crippen molar-refractivity contribution in [3.8, 4) is 0 Å². The van der Waals surface area contributed by atoms with E-state index in [1.165, 1.54) is 5.69 Å². The number of pyridine rings is 1. The van der Waals surface area contributed by atoms with Crippen molar-refractivity contribution in [2.75, 3.05) is 20.2 Å². The van der Waals surface area contributed by atoms with Gasteiger partial charge in [-0.2, -0.15) is 0 Å². The quantitative estimate of drug-likeness (QED) is 0.721. The molecule has 0 aliphatic carbocycles. The molecule has 0 spiro atoms. The van der Waals surface area contributed by atoms with Crippen molar-refractivity contribution < 1.29 is 4.74 Å². The summed E-state index contributed by atoms with van der Waals surface area (Å²) in [6, 6.07) is 6.22. The minimum absolute atomic E-state index is 0.147. The van der Waals surface area contributed by atoms with Crippen molar-refractivity contribution in [2.24, 2.45) is 7.05 Å². The van der Waals surface area contributed by atoms with Crippen LogP contribution in [0.3, 0.4) is 0 Å². The molecule has 120 valence electrons. The zero-order valence-electron chi connectivity index (χ0n) is 13.3. The van der Waals surface area contributed by atoms with Crippen LogP contribution in [-0.4, -0.2) is 55.6 Å². The van der Waals surface area contributed by atoms with Crippen molar-refractivity contribution in [1.82, 2.24) is 29.3 Å². The number of rotatable bonds is 4. The minimum atomic E-state index is 0.147. The number of ether oxygens (including phenoxy) is 1. The van der Waals surface area contributed by atoms with Crippen molar-refractivity contribution in [1.29, 1.82) is 0 Å². The van der Waals surface area contributed by atoms with E-state index in [1.807, 2.05) is 31.7 Å². The van der Waals surface area contributed by atoms with Gasteiger partial charge in [0.1, 0.15) is 5.65 Å². The zero-order valence-corrected chi connectivity index (χ0v) is 13.3. The summed E-state index contributed by atoms with van der Waals surface area (Å²) in [5.41, 5.74) is 3.22. The Morgan fingerprint density at radius 2 is 2.22 bits per heavy atom. The van der Waals surface area contributed by atoms with E-state index in [0.717, 1.165) is 31.0 Å². The van der Waals surface area contributed by atoms with Gasteiger partial charge in [0.15, 0.2) is 0 Å². The second-order valence-electron chi connectivity index (χ2n) is 6.06. The van der Waals surface area contributed by atoms with E-state index in [-0.39, 0.29) is 12.0 Å². The van der Waals surface area contributed by atoms with Crippen molar-refractivity contribution in [3.05, 3.63) is 48.2 Å². The second kappa shape index (κ2) is 5.75. The van der Waals surface area contributed by atoms with Gasteiger partial charge in [0.2, 0.25) is 0 Å². The molecular formula is C16H20N6O. The fourth-order valence-electron chi connectivity index (χ4n) is 3.40. The van der Waals surface area contributed by atoms with Crippen LogP contribution in [0.2, 0.25) is 0 Å². The molecule has 0 unspecified atom stereocenters. The largest absolute Gasteiger partial charge is 0.379 e. The Morgan fingerprint density at radius 1 is 1.30 bits per heavy atom. The Morgan fingerprint density at radius 3 is 3.00 bits per heavy atom. The lowest BCUT2D eigenvalue weighted by molar-refractivity contribution is 0.0956. The highest BCUT2D eigenvalue weighted by molar-refractivity contribution is 5.39. The Kier molecular flexibility index (Phi) is 3.59. The molecule has 0 radical (unpaired) electrons. The molecule has 4 rings (SSSR count). The average molecular weight is 312 g/mol. The SMILES string of the molecule is CO[C@@H]1CN(Cc2cccc3nccn23)C[C@H]1c1cn(C)nn1. The topological polar surface area (TPSA) is 60.5 Å². The van der Waals surface area contributed by atoms with Gasteiger partial charge < -0.3 is 9.14 Å². The number of nitrogens with zero attached hydrogens (tertiary/aromatic N) is 6. The number of methoxy groups -OCH3 is 1. The van der Waals surface area contributed by atoms with Crippen LogP contribution in [0.15, 0.2) is 36.8 Å². The third-order valence-electron chi connectivity index (χ3n) is 4.54. The molecule has 7 nitrogen and oxygen atoms in total. The first-order valence-electron chi connectivity index (χ1n) is 7.77. The summed E-state index contributed by atoms with van der Waals surface area (Å²) in [5, 5.41) is 8.32. The molecule has 0 amide bonds. The lowest BCUT2D eigenvalue weighted by Gasteiger charge is -2.16. The van der Waals surface area contributed by atoms with E-state index in [9.17, 15) is 0 Å². The van der Waals surface area contributed by atoms with Gasteiger partial charge in [-0.1, -0.05) is 11.3 Å². The van der Waals surface area contributed by atoms with Gasteiger partial charge in [-0.15, -0.1) is 5.10 Å². The standard InChI is InChI=1S/C16H20N6O/c1-20-10-14(18-19-20)13-9-21(11-15(13)23-2)8-12-4-3-5-16-17-6-7-22(12)16/h3-7,10,13,15H,8-9,11H2,1-2H3/t13-,15+/m0/s1. The average Bonchev–Trinajstić information content (AvgIpc) is 3.26. The van der Waals surface area contributed by atoms with Crippen LogP contribution >= 0.6 is 0 Å². The van der Waals surface area contributed by atoms with Gasteiger partial charge in [0, 0.05) is 64.0 Å². The summed E-state index contributed by atoms with van der Waals surface area (Å²) in [7, 11) is 3.67. The number of aryl methyl sites for hydroxylation is 1. The summed E-state index contributed by atoms with van der Waals surface area (Å²) in [5.74, 6) is 0.260. The van der Waals surface area contributed by atoms with Gasteiger partial charge in [0.05, 0.1) is 11.8 Å². The molecular weight excluding hydrogens is 292 g/mol. The summed E-state index contributed by atoms with van der Waals surface area (Å²) < 4.78 is 9.57. The summed E-state index contributed by atoms with van der Waals surface area (Å²) in [6.45, 7) is 2.68. The number of hydrogen-bond acceptors (Lipinski definition) is 5. The first-order valence-corrected chi connectivity index (χ1v) is 7.77. The molecule has 1 aliphatic rings. The highest BCUT2D eigenvalue weighted by Crippen LogP contribution is 2.29. The summed E-state index contributed by atoms with van der Waals surface area (Å²) >= 11 is 0. The predicted molar refractivity (Wildman–Crippen MR) is 85.0 cm³/mol. The molecule has 0 N–H and O–H groups in total. The van der Waals surface area contributed by atoms with E-state index in [0.29, 0.717) is 0 Å². The molecule has 23 heavy (non-hydrogen) atoms. The zero-order chi connectivity index (χ0) is 15.8. The number of likely N-dealkylation sites (tertiary alicyclic amines) is 1. The van der Waals surface area contributed by atoms with E-state index in [4.69, 9.17) is 4.74 Å². The molecule has 1 saturated heterocycles. The highest BCUT2D eigenvalue weighted by Gasteiger charge is 2.35. The summed E-state index contributed by atoms with van der Waals surface area (Å²) in [4.78, 5) is 6.75. The van der Waals surface area contributed by atoms with Crippen molar-refractivity contribution in [3.63, 3.8) is 0 Å². The third-order valence-corrected chi connectivity index (χ3v) is 4.54. The van der Waals surface area contributed by atoms with E-state index in [2.05, 4.69) is 36.7 Å². The number of fused-ring (bicyclic) bond motifs is 1. The van der Waals surface area contributed by atoms with Crippen LogP contribution in [0.1, 0.15) is 17.3 Å². The molecule has 0 saturated carbocycles. The minimum Gasteiger partial charge on any atom is -0.379 e. The number of hydrogen-bond donors (Lipinski definition) is 0. The second-order valence-corrected chi connectivity index (χ2v) is 6.06. The molecule has 7 heteroatoms. The van der Waals surface area contributed by atoms with Crippen LogP contribution in [0.25, 0.3) is 5.65 Å². The van der Waals surface area contributed by atoms with Crippen LogP contribution < -0.4 is 0 Å². The molecule has 1 fully saturated rings. The number of aromatic nitrogens is 5. The van der Waals surface area contributed by atoms with Crippen LogP contribution in [0.4, 0.5) is 0 Å². The van der Waals surface area contributed by atoms with Gasteiger partial charge in [-0.3, -0.25) is 9.58 Å². The fourth-order valence-corrected chi connectivity index (χ4v) is 3.40. The van der Waals surface area contributed by atoms with Crippen LogP contribution in [0, 0.1) is 0 Å². The lowest BCUT2D eigenvalue weighted by Crippen LogP contribution is -2.23. The molecule has 0 aromatic carbocycles. The van der Waals surface area contributed by atoms with Crippen molar-refractivity contribution in [2.45, 2.75) is 18.6 Å². The van der Waals surface area contributed by atoms with E-state index < -0.39 is 0 Å². The molecule has 3 aromatic rings. The Balaban J connectivity index is 1.55. The monoisotopic (exact) mass is 312 g/mol. The van der Waals surface area contributed by atoms with Gasteiger partial charge >= 0.3 is 0 Å². The first-order chi connectivity index (χ1) is 11.2. The van der Waals surface area contributed by atoms with Gasteiger partial charge in [-0.25, -0.2) is 4.98 Å². The maximum Gasteiger partial charge on any atom is 0.136 e. The molecule has 4 heterocycles. The van der Waals surface area contributed by atoms with Crippen LogP contribution in [-0.2, 0) is 18.3 Å². The molecule has 3 aromatic heterocycles. The maximum absolute atomic E-state index is 5.69. The van der Waals surface area contributed by atoms with E-state index >= 15 is 0 Å². The van der Waals surface area contributed by atoms with Gasteiger partial charge in [-0.05, 0) is 12.1 Å². The first kappa shape index (κ1) is 14.3. The predicted octanol–water partition coefficient (Wildman–Crippen LogP) is 1.08. The molecule has 0 bridgehead atoms. The summed E-state index contributed by atoms with van der Waals surface area (Å²) in [6.07, 6.45) is 5.97. The fraction of sp³-hybridized carbons (Fsp3) is 0.438. The van der Waals surface area contributed by atoms with Gasteiger partial charge in [0.25, 0.3) is 0 Å². The third kappa shape index (κ3) is 2.62. The Bertz CT molecular complexity index is 810. The van der Waals surface area contributed by atoms with Crippen molar-refractivity contribution >= 4 is 5.65 Å². The van der Waals surface area contributed by atoms with Crippen LogP contribution in [0.5, 0.6) is 0 Å². The Hall–Kier alpha value is -2.25. The lowest BCUT2D eigenvalue weighted by atomic mass is 10.0. The Labute approximate surface area is 134 Å². The normalized spacial score (nSPS) is 22.2.